The van der Waals surface area contributed by atoms with Gasteiger partial charge < -0.3 is 10.6 Å². The van der Waals surface area contributed by atoms with E-state index in [2.05, 4.69) is 46.8 Å². The molecule has 1 aromatic carbocycles. The summed E-state index contributed by atoms with van der Waals surface area (Å²) < 4.78 is 0. The molecule has 3 rings (SSSR count). The first-order valence-electron chi connectivity index (χ1n) is 6.65. The molecule has 18 heavy (non-hydrogen) atoms. The summed E-state index contributed by atoms with van der Waals surface area (Å²) in [4.78, 5) is 4.36. The lowest BCUT2D eigenvalue weighted by molar-refractivity contribution is 0.479. The van der Waals surface area contributed by atoms with Crippen LogP contribution in [0.25, 0.3) is 10.8 Å². The van der Waals surface area contributed by atoms with Gasteiger partial charge in [0, 0.05) is 29.0 Å². The van der Waals surface area contributed by atoms with Crippen molar-refractivity contribution in [2.45, 2.75) is 25.8 Å². The largest absolute Gasteiger partial charge is 0.382 e. The van der Waals surface area contributed by atoms with Crippen LogP contribution in [0.2, 0.25) is 0 Å². The minimum absolute atomic E-state index is 0.598. The van der Waals surface area contributed by atoms with Crippen molar-refractivity contribution >= 4 is 16.5 Å². The van der Waals surface area contributed by atoms with Crippen molar-refractivity contribution in [1.29, 1.82) is 0 Å². The number of nitrogens with zero attached hydrogens (tertiary/aromatic N) is 1. The van der Waals surface area contributed by atoms with Gasteiger partial charge in [0.2, 0.25) is 0 Å². The van der Waals surface area contributed by atoms with E-state index in [1.807, 2.05) is 6.20 Å². The molecule has 0 amide bonds. The molecular formula is C15H19N3. The molecule has 3 nitrogen and oxygen atoms in total. The first kappa shape index (κ1) is 11.5. The number of pyridine rings is 1. The van der Waals surface area contributed by atoms with E-state index in [-0.39, 0.29) is 0 Å². The second-order valence-corrected chi connectivity index (χ2v) is 5.00. The van der Waals surface area contributed by atoms with Crippen LogP contribution in [0.5, 0.6) is 0 Å². The van der Waals surface area contributed by atoms with Crippen LogP contribution in [-0.2, 0) is 0 Å². The van der Waals surface area contributed by atoms with Crippen LogP contribution in [0.4, 0.5) is 5.69 Å². The van der Waals surface area contributed by atoms with Crippen molar-refractivity contribution in [3.8, 4) is 0 Å². The van der Waals surface area contributed by atoms with Crippen molar-refractivity contribution in [2.75, 3.05) is 18.4 Å². The summed E-state index contributed by atoms with van der Waals surface area (Å²) in [5.74, 6) is 0. The van der Waals surface area contributed by atoms with Gasteiger partial charge in [-0.3, -0.25) is 4.98 Å². The molecule has 2 aromatic rings. The van der Waals surface area contributed by atoms with Crippen molar-refractivity contribution in [3.63, 3.8) is 0 Å². The minimum Gasteiger partial charge on any atom is -0.382 e. The van der Waals surface area contributed by atoms with Crippen LogP contribution in [-0.4, -0.2) is 24.1 Å². The standard InChI is InChI=1S/C15H19N3/c1-11-15-10-14(3-2-12(15)4-9-17-11)18-13-5-7-16-8-6-13/h2-4,9-10,13,16,18H,5-8H2,1H3. The van der Waals surface area contributed by atoms with Crippen LogP contribution >= 0.6 is 0 Å². The van der Waals surface area contributed by atoms with Gasteiger partial charge in [-0.2, -0.15) is 0 Å². The predicted octanol–water partition coefficient (Wildman–Crippen LogP) is 2.71. The summed E-state index contributed by atoms with van der Waals surface area (Å²) in [5.41, 5.74) is 2.31. The van der Waals surface area contributed by atoms with E-state index in [4.69, 9.17) is 0 Å². The lowest BCUT2D eigenvalue weighted by atomic mass is 10.1. The fourth-order valence-corrected chi connectivity index (χ4v) is 2.61. The Kier molecular flexibility index (Phi) is 3.15. The van der Waals surface area contributed by atoms with E-state index < -0.39 is 0 Å². The molecule has 1 aliphatic rings. The van der Waals surface area contributed by atoms with Crippen LogP contribution in [0, 0.1) is 6.92 Å². The van der Waals surface area contributed by atoms with Crippen LogP contribution in [0.15, 0.2) is 30.5 Å². The van der Waals surface area contributed by atoms with Gasteiger partial charge in [-0.05, 0) is 56.4 Å². The third kappa shape index (κ3) is 2.31. The molecule has 0 atom stereocenters. The highest BCUT2D eigenvalue weighted by Crippen LogP contribution is 2.22. The lowest BCUT2D eigenvalue weighted by Gasteiger charge is -2.24. The molecule has 1 fully saturated rings. The molecule has 1 aromatic heterocycles. The van der Waals surface area contributed by atoms with Gasteiger partial charge in [-0.15, -0.1) is 0 Å². The van der Waals surface area contributed by atoms with E-state index in [9.17, 15) is 0 Å². The molecule has 3 heteroatoms. The first-order valence-corrected chi connectivity index (χ1v) is 6.65. The summed E-state index contributed by atoms with van der Waals surface area (Å²) in [7, 11) is 0. The van der Waals surface area contributed by atoms with E-state index in [1.54, 1.807) is 0 Å². The molecule has 0 saturated carbocycles. The van der Waals surface area contributed by atoms with E-state index >= 15 is 0 Å². The Hall–Kier alpha value is -1.61. The number of piperidine rings is 1. The number of benzene rings is 1. The number of aromatic nitrogens is 1. The van der Waals surface area contributed by atoms with E-state index in [0.29, 0.717) is 6.04 Å². The van der Waals surface area contributed by atoms with Gasteiger partial charge in [-0.1, -0.05) is 6.07 Å². The maximum absolute atomic E-state index is 4.36. The Morgan fingerprint density at radius 1 is 1.22 bits per heavy atom. The zero-order valence-electron chi connectivity index (χ0n) is 10.7. The molecule has 94 valence electrons. The first-order chi connectivity index (χ1) is 8.83. The second-order valence-electron chi connectivity index (χ2n) is 5.00. The number of anilines is 1. The van der Waals surface area contributed by atoms with Crippen molar-refractivity contribution in [3.05, 3.63) is 36.2 Å². The molecule has 0 radical (unpaired) electrons. The van der Waals surface area contributed by atoms with Crippen molar-refractivity contribution in [2.24, 2.45) is 0 Å². The highest BCUT2D eigenvalue weighted by molar-refractivity contribution is 5.87. The zero-order valence-corrected chi connectivity index (χ0v) is 10.7. The summed E-state index contributed by atoms with van der Waals surface area (Å²) in [5, 5.41) is 9.53. The summed E-state index contributed by atoms with van der Waals surface area (Å²) in [6.07, 6.45) is 4.27. The Labute approximate surface area is 108 Å². The topological polar surface area (TPSA) is 37.0 Å². The van der Waals surface area contributed by atoms with Gasteiger partial charge in [0.1, 0.15) is 0 Å². The fourth-order valence-electron chi connectivity index (χ4n) is 2.61. The highest BCUT2D eigenvalue weighted by atomic mass is 15.0. The van der Waals surface area contributed by atoms with Crippen LogP contribution in [0.3, 0.4) is 0 Å². The maximum Gasteiger partial charge on any atom is 0.0451 e. The minimum atomic E-state index is 0.598. The monoisotopic (exact) mass is 241 g/mol. The quantitative estimate of drug-likeness (QED) is 0.849. The number of fused-ring (bicyclic) bond motifs is 1. The smallest absolute Gasteiger partial charge is 0.0451 e. The van der Waals surface area contributed by atoms with Gasteiger partial charge in [0.05, 0.1) is 0 Å². The normalized spacial score (nSPS) is 16.9. The van der Waals surface area contributed by atoms with Crippen molar-refractivity contribution in [1.82, 2.24) is 10.3 Å². The summed E-state index contributed by atoms with van der Waals surface area (Å²) >= 11 is 0. The van der Waals surface area contributed by atoms with Gasteiger partial charge in [-0.25, -0.2) is 0 Å². The molecule has 2 heterocycles. The third-order valence-corrected chi connectivity index (χ3v) is 3.68. The number of hydrogen-bond acceptors (Lipinski definition) is 3. The molecule has 0 spiro atoms. The third-order valence-electron chi connectivity index (χ3n) is 3.68. The maximum atomic E-state index is 4.36. The molecule has 2 N–H and O–H groups in total. The number of rotatable bonds is 2. The second kappa shape index (κ2) is 4.94. The summed E-state index contributed by atoms with van der Waals surface area (Å²) in [6.45, 7) is 4.30. The fraction of sp³-hybridized carbons (Fsp3) is 0.400. The zero-order chi connectivity index (χ0) is 12.4. The lowest BCUT2D eigenvalue weighted by Crippen LogP contribution is -2.35. The van der Waals surface area contributed by atoms with Crippen LogP contribution < -0.4 is 10.6 Å². The Morgan fingerprint density at radius 2 is 2.06 bits per heavy atom. The Bertz CT molecular complexity index is 544. The summed E-state index contributed by atoms with van der Waals surface area (Å²) in [6, 6.07) is 9.23. The Morgan fingerprint density at radius 3 is 2.89 bits per heavy atom. The van der Waals surface area contributed by atoms with E-state index in [1.165, 1.54) is 29.3 Å². The van der Waals surface area contributed by atoms with Gasteiger partial charge >= 0.3 is 0 Å². The van der Waals surface area contributed by atoms with E-state index in [0.717, 1.165) is 18.8 Å². The molecule has 0 aliphatic carbocycles. The highest BCUT2D eigenvalue weighted by Gasteiger charge is 2.12. The molecular weight excluding hydrogens is 222 g/mol. The van der Waals surface area contributed by atoms with Gasteiger partial charge in [0.15, 0.2) is 0 Å². The van der Waals surface area contributed by atoms with Crippen LogP contribution in [0.1, 0.15) is 18.5 Å². The number of hydrogen-bond donors (Lipinski definition) is 2. The average molecular weight is 241 g/mol. The predicted molar refractivity (Wildman–Crippen MR) is 76.0 cm³/mol. The molecule has 0 unspecified atom stereocenters. The molecule has 1 aliphatic heterocycles. The average Bonchev–Trinajstić information content (AvgIpc) is 2.41. The Balaban J connectivity index is 1.86. The molecule has 1 saturated heterocycles. The number of aryl methyl sites for hydroxylation is 1. The SMILES string of the molecule is Cc1nccc2ccc(NC3CCNCC3)cc12. The van der Waals surface area contributed by atoms with Gasteiger partial charge in [0.25, 0.3) is 0 Å². The van der Waals surface area contributed by atoms with Crippen molar-refractivity contribution < 1.29 is 0 Å². The number of nitrogens with one attached hydrogen (secondary N) is 2. The molecule has 0 bridgehead atoms.